The van der Waals surface area contributed by atoms with Crippen LogP contribution in [0.5, 0.6) is 0 Å². The van der Waals surface area contributed by atoms with Gasteiger partial charge in [0.1, 0.15) is 12.8 Å². The molecule has 2 aliphatic rings. The summed E-state index contributed by atoms with van der Waals surface area (Å²) in [5, 5.41) is 22.0. The summed E-state index contributed by atoms with van der Waals surface area (Å²) in [6.45, 7) is 0.873. The average molecular weight is 515 g/mol. The Bertz CT molecular complexity index is 959. The molecule has 3 heterocycles. The van der Waals surface area contributed by atoms with Crippen LogP contribution >= 0.6 is 0 Å². The first-order valence-corrected chi connectivity index (χ1v) is 10.5. The molecule has 0 aromatic carbocycles. The van der Waals surface area contributed by atoms with Crippen molar-refractivity contribution >= 4 is 12.0 Å². The molecule has 2 aliphatic heterocycles. The average Bonchev–Trinajstić information content (AvgIpc) is 2.73. The summed E-state index contributed by atoms with van der Waals surface area (Å²) in [6.07, 6.45) is -14.2. The summed E-state index contributed by atoms with van der Waals surface area (Å²) >= 11 is 0. The summed E-state index contributed by atoms with van der Waals surface area (Å²) in [4.78, 5) is 31.8. The number of fused-ring (bicyclic) bond motifs is 1. The molecule has 0 aliphatic carbocycles. The van der Waals surface area contributed by atoms with Gasteiger partial charge < -0.3 is 25.2 Å². The van der Waals surface area contributed by atoms with Gasteiger partial charge in [0.25, 0.3) is 0 Å². The van der Waals surface area contributed by atoms with Gasteiger partial charge in [0.05, 0.1) is 17.8 Å². The highest BCUT2D eigenvalue weighted by Crippen LogP contribution is 2.37. The number of morpholine rings is 1. The second-order valence-corrected chi connectivity index (χ2v) is 8.32. The van der Waals surface area contributed by atoms with Crippen molar-refractivity contribution in [2.45, 2.75) is 57.0 Å². The molecule has 0 saturated carbocycles. The van der Waals surface area contributed by atoms with Gasteiger partial charge in [-0.1, -0.05) is 0 Å². The Hall–Kier alpha value is -2.72. The van der Waals surface area contributed by atoms with Crippen LogP contribution in [0.4, 0.5) is 31.1 Å². The quantitative estimate of drug-likeness (QED) is 0.486. The standard InChI is InChI=1S/C19H23F6N5O5/c1-9-5-30(14(32)8-35-9)6-10(26-17(33)34)4-13(31)29-3-2-11-12(7-29)27-16(19(23,24)25)28-15(11)18(20,21)22/h9-10,13,26,31H,2-8H2,1H3,(H,33,34)/t9-,10-,13?/m0/s1. The fraction of sp³-hybridized carbons (Fsp3) is 0.684. The molecule has 10 nitrogen and oxygen atoms in total. The predicted molar refractivity (Wildman–Crippen MR) is 104 cm³/mol. The number of carbonyl (C=O) groups excluding carboxylic acids is 1. The number of aliphatic hydroxyl groups is 1. The van der Waals surface area contributed by atoms with E-state index in [1.54, 1.807) is 6.92 Å². The molecule has 1 aromatic rings. The number of carboxylic acid groups (broad SMARTS) is 1. The largest absolute Gasteiger partial charge is 0.465 e. The molecule has 196 valence electrons. The van der Waals surface area contributed by atoms with Crippen molar-refractivity contribution in [3.8, 4) is 0 Å². The van der Waals surface area contributed by atoms with Gasteiger partial charge in [-0.25, -0.2) is 14.8 Å². The second-order valence-electron chi connectivity index (χ2n) is 8.32. The molecule has 3 atom stereocenters. The number of amides is 2. The van der Waals surface area contributed by atoms with Crippen molar-refractivity contribution in [2.24, 2.45) is 0 Å². The minimum absolute atomic E-state index is 0.112. The van der Waals surface area contributed by atoms with Crippen LogP contribution in [0.25, 0.3) is 0 Å². The first-order chi connectivity index (χ1) is 16.1. The van der Waals surface area contributed by atoms with Crippen LogP contribution in [-0.2, 0) is 34.8 Å². The van der Waals surface area contributed by atoms with Gasteiger partial charge in [0, 0.05) is 38.2 Å². The fourth-order valence-electron chi connectivity index (χ4n) is 4.04. The molecule has 2 amide bonds. The van der Waals surface area contributed by atoms with E-state index in [9.17, 15) is 41.0 Å². The maximum absolute atomic E-state index is 13.3. The van der Waals surface area contributed by atoms with Gasteiger partial charge in [0.2, 0.25) is 11.7 Å². The SMILES string of the molecule is C[C@H]1CN(C[C@H](CC(O)N2CCc3c(nc(C(F)(F)F)nc3C(F)(F)F)C2)NC(=O)O)C(=O)CO1. The number of aromatic nitrogens is 2. The van der Waals surface area contributed by atoms with Crippen LogP contribution in [-0.4, -0.2) is 86.6 Å². The Balaban J connectivity index is 1.78. The maximum atomic E-state index is 13.3. The lowest BCUT2D eigenvalue weighted by Crippen LogP contribution is -2.53. The summed E-state index contributed by atoms with van der Waals surface area (Å²) in [6, 6.07) is -0.972. The normalized spacial score (nSPS) is 21.4. The molecule has 0 radical (unpaired) electrons. The lowest BCUT2D eigenvalue weighted by Gasteiger charge is -2.37. The van der Waals surface area contributed by atoms with E-state index in [1.165, 1.54) is 9.80 Å². The first-order valence-electron chi connectivity index (χ1n) is 10.5. The molecule has 1 saturated heterocycles. The Labute approximate surface area is 194 Å². The third-order valence-electron chi connectivity index (χ3n) is 5.62. The van der Waals surface area contributed by atoms with Crippen LogP contribution in [0.2, 0.25) is 0 Å². The van der Waals surface area contributed by atoms with Gasteiger partial charge in [-0.2, -0.15) is 26.3 Å². The van der Waals surface area contributed by atoms with E-state index in [2.05, 4.69) is 15.3 Å². The Morgan fingerprint density at radius 1 is 1.23 bits per heavy atom. The smallest absolute Gasteiger partial charge is 0.451 e. The Morgan fingerprint density at radius 2 is 1.91 bits per heavy atom. The number of carbonyl (C=O) groups is 2. The van der Waals surface area contributed by atoms with Crippen LogP contribution in [0, 0.1) is 0 Å². The van der Waals surface area contributed by atoms with E-state index >= 15 is 0 Å². The molecular weight excluding hydrogens is 492 g/mol. The summed E-state index contributed by atoms with van der Waals surface area (Å²) < 4.78 is 84.5. The maximum Gasteiger partial charge on any atom is 0.451 e. The van der Waals surface area contributed by atoms with E-state index in [-0.39, 0.29) is 45.2 Å². The zero-order valence-electron chi connectivity index (χ0n) is 18.4. The topological polar surface area (TPSA) is 128 Å². The number of alkyl halides is 6. The molecular formula is C19H23F6N5O5. The van der Waals surface area contributed by atoms with E-state index in [0.29, 0.717) is 0 Å². The number of nitrogens with one attached hydrogen (secondary N) is 1. The highest BCUT2D eigenvalue weighted by molar-refractivity contribution is 5.78. The summed E-state index contributed by atoms with van der Waals surface area (Å²) in [7, 11) is 0. The monoisotopic (exact) mass is 515 g/mol. The third kappa shape index (κ3) is 6.70. The minimum atomic E-state index is -5.21. The highest BCUT2D eigenvalue weighted by atomic mass is 19.4. The zero-order chi connectivity index (χ0) is 26.1. The molecule has 0 bridgehead atoms. The van der Waals surface area contributed by atoms with Crippen LogP contribution in [0.1, 0.15) is 36.1 Å². The molecule has 1 aromatic heterocycles. The Kier molecular flexibility index (Phi) is 7.76. The number of ether oxygens (including phenoxy) is 1. The van der Waals surface area contributed by atoms with E-state index < -0.39 is 65.9 Å². The molecule has 16 heteroatoms. The summed E-state index contributed by atoms with van der Waals surface area (Å²) in [5.41, 5.74) is -2.68. The molecule has 3 N–H and O–H groups in total. The van der Waals surface area contributed by atoms with Crippen molar-refractivity contribution in [2.75, 3.05) is 26.2 Å². The van der Waals surface area contributed by atoms with Gasteiger partial charge in [-0.05, 0) is 13.3 Å². The van der Waals surface area contributed by atoms with Crippen molar-refractivity contribution in [3.63, 3.8) is 0 Å². The lowest BCUT2D eigenvalue weighted by atomic mass is 10.0. The van der Waals surface area contributed by atoms with E-state index in [1.807, 2.05) is 0 Å². The fourth-order valence-corrected chi connectivity index (χ4v) is 4.04. The Morgan fingerprint density at radius 3 is 2.51 bits per heavy atom. The number of hydrogen-bond donors (Lipinski definition) is 3. The molecule has 3 rings (SSSR count). The van der Waals surface area contributed by atoms with Crippen molar-refractivity contribution < 1.29 is 50.9 Å². The minimum Gasteiger partial charge on any atom is -0.465 e. The first kappa shape index (κ1) is 26.9. The van der Waals surface area contributed by atoms with Crippen LogP contribution in [0.15, 0.2) is 0 Å². The van der Waals surface area contributed by atoms with E-state index in [0.717, 1.165) is 0 Å². The van der Waals surface area contributed by atoms with E-state index in [4.69, 9.17) is 9.84 Å². The lowest BCUT2D eigenvalue weighted by molar-refractivity contribution is -0.154. The molecule has 1 fully saturated rings. The van der Waals surface area contributed by atoms with Crippen molar-refractivity contribution in [1.82, 2.24) is 25.1 Å². The number of nitrogens with zero attached hydrogens (tertiary/aromatic N) is 4. The molecule has 0 spiro atoms. The third-order valence-corrected chi connectivity index (χ3v) is 5.62. The predicted octanol–water partition coefficient (Wildman–Crippen LogP) is 1.46. The second kappa shape index (κ2) is 10.1. The van der Waals surface area contributed by atoms with Crippen LogP contribution in [0.3, 0.4) is 0 Å². The zero-order valence-corrected chi connectivity index (χ0v) is 18.4. The van der Waals surface area contributed by atoms with Gasteiger partial charge in [-0.15, -0.1) is 0 Å². The number of aliphatic hydroxyl groups excluding tert-OH is 1. The van der Waals surface area contributed by atoms with Gasteiger partial charge in [0.15, 0.2) is 5.69 Å². The highest BCUT2D eigenvalue weighted by Gasteiger charge is 2.44. The van der Waals surface area contributed by atoms with Gasteiger partial charge >= 0.3 is 18.4 Å². The number of hydrogen-bond acceptors (Lipinski definition) is 7. The molecule has 1 unspecified atom stereocenters. The molecule has 35 heavy (non-hydrogen) atoms. The van der Waals surface area contributed by atoms with Crippen molar-refractivity contribution in [1.29, 1.82) is 0 Å². The van der Waals surface area contributed by atoms with Crippen molar-refractivity contribution in [3.05, 3.63) is 22.8 Å². The van der Waals surface area contributed by atoms with Crippen LogP contribution < -0.4 is 5.32 Å². The summed E-state index contributed by atoms with van der Waals surface area (Å²) in [5.74, 6) is -2.33. The number of rotatable bonds is 6. The van der Waals surface area contributed by atoms with Gasteiger partial charge in [-0.3, -0.25) is 9.69 Å². The number of halogens is 6.